The zero-order valence-electron chi connectivity index (χ0n) is 12.8. The molecule has 2 rings (SSSR count). The van der Waals surface area contributed by atoms with Gasteiger partial charge in [0, 0.05) is 0 Å². The minimum Gasteiger partial charge on any atom is -0.496 e. The fourth-order valence-electron chi connectivity index (χ4n) is 1.95. The molecular weight excluding hydrogens is 377 g/mol. The zero-order valence-corrected chi connectivity index (χ0v) is 14.4. The molecule has 0 spiro atoms. The first kappa shape index (κ1) is 19.0. The van der Waals surface area contributed by atoms with Gasteiger partial charge in [0.15, 0.2) is 5.11 Å². The summed E-state index contributed by atoms with van der Waals surface area (Å²) in [5.74, 6) is -0.238. The largest absolute Gasteiger partial charge is 0.496 e. The van der Waals surface area contributed by atoms with Crippen LogP contribution in [0.15, 0.2) is 42.5 Å². The third-order valence-corrected chi connectivity index (χ3v) is 3.65. The first-order valence-electron chi connectivity index (χ1n) is 6.84. The van der Waals surface area contributed by atoms with Crippen LogP contribution >= 0.6 is 23.8 Å². The van der Waals surface area contributed by atoms with Gasteiger partial charge < -0.3 is 10.1 Å². The number of benzene rings is 2. The zero-order chi connectivity index (χ0) is 18.6. The number of thiocarbonyl (C=S) groups is 1. The van der Waals surface area contributed by atoms with E-state index in [2.05, 4.69) is 10.6 Å². The molecule has 0 saturated carbocycles. The van der Waals surface area contributed by atoms with Crippen LogP contribution in [0, 0.1) is 0 Å². The number of carbonyl (C=O) groups is 1. The van der Waals surface area contributed by atoms with Crippen molar-refractivity contribution >= 4 is 40.5 Å². The molecule has 0 atom stereocenters. The van der Waals surface area contributed by atoms with E-state index >= 15 is 0 Å². The average molecular weight is 389 g/mol. The first-order valence-corrected chi connectivity index (χ1v) is 7.63. The number of anilines is 1. The van der Waals surface area contributed by atoms with Crippen molar-refractivity contribution in [3.05, 3.63) is 58.6 Å². The number of amides is 1. The molecule has 9 heteroatoms. The van der Waals surface area contributed by atoms with Gasteiger partial charge in [0.05, 0.1) is 28.9 Å². The standard InChI is InChI=1S/C16H12ClF3N2O2S/c1-24-13-5-3-2-4-10(13)14(23)22-15(25)21-12-8-9(16(18,19)20)6-7-11(12)17/h2-8H,1H3,(H2,21,22,23,25). The Bertz CT molecular complexity index is 812. The van der Waals surface area contributed by atoms with Crippen molar-refractivity contribution in [3.63, 3.8) is 0 Å². The molecule has 0 aliphatic carbocycles. The minimum absolute atomic E-state index is 0.0295. The lowest BCUT2D eigenvalue weighted by Crippen LogP contribution is -2.34. The van der Waals surface area contributed by atoms with Gasteiger partial charge in [-0.05, 0) is 42.5 Å². The van der Waals surface area contributed by atoms with Crippen LogP contribution in [0.25, 0.3) is 0 Å². The van der Waals surface area contributed by atoms with Gasteiger partial charge in [-0.1, -0.05) is 23.7 Å². The van der Waals surface area contributed by atoms with Gasteiger partial charge in [0.1, 0.15) is 5.75 Å². The maximum Gasteiger partial charge on any atom is 0.416 e. The lowest BCUT2D eigenvalue weighted by molar-refractivity contribution is -0.137. The number of rotatable bonds is 3. The van der Waals surface area contributed by atoms with E-state index in [1.807, 2.05) is 0 Å². The van der Waals surface area contributed by atoms with Crippen molar-refractivity contribution in [2.45, 2.75) is 6.18 Å². The molecule has 0 heterocycles. The molecular formula is C16H12ClF3N2O2S. The Hall–Kier alpha value is -2.32. The second-order valence-corrected chi connectivity index (χ2v) is 5.62. The molecule has 0 aromatic heterocycles. The summed E-state index contributed by atoms with van der Waals surface area (Å²) in [6.45, 7) is 0. The van der Waals surface area contributed by atoms with Gasteiger partial charge in [0.25, 0.3) is 5.91 Å². The summed E-state index contributed by atoms with van der Waals surface area (Å²) in [7, 11) is 1.41. The number of hydrogen-bond acceptors (Lipinski definition) is 3. The highest BCUT2D eigenvalue weighted by Crippen LogP contribution is 2.33. The molecule has 0 unspecified atom stereocenters. The fraction of sp³-hybridized carbons (Fsp3) is 0.125. The molecule has 4 nitrogen and oxygen atoms in total. The second kappa shape index (κ2) is 7.71. The summed E-state index contributed by atoms with van der Waals surface area (Å²) in [6.07, 6.45) is -4.52. The quantitative estimate of drug-likeness (QED) is 0.760. The molecule has 0 saturated heterocycles. The van der Waals surface area contributed by atoms with Gasteiger partial charge in [-0.25, -0.2) is 0 Å². The fourth-order valence-corrected chi connectivity index (χ4v) is 2.32. The molecule has 0 fully saturated rings. The number of ether oxygens (including phenoxy) is 1. The molecule has 0 aliphatic rings. The van der Waals surface area contributed by atoms with Crippen LogP contribution < -0.4 is 15.4 Å². The number of hydrogen-bond donors (Lipinski definition) is 2. The van der Waals surface area contributed by atoms with E-state index in [1.165, 1.54) is 13.2 Å². The molecule has 2 N–H and O–H groups in total. The minimum atomic E-state index is -4.52. The van der Waals surface area contributed by atoms with Crippen molar-refractivity contribution in [3.8, 4) is 5.75 Å². The highest BCUT2D eigenvalue weighted by molar-refractivity contribution is 7.80. The molecule has 2 aromatic rings. The number of halogens is 4. The lowest BCUT2D eigenvalue weighted by Gasteiger charge is -2.14. The van der Waals surface area contributed by atoms with Crippen LogP contribution in [0.1, 0.15) is 15.9 Å². The monoisotopic (exact) mass is 388 g/mol. The second-order valence-electron chi connectivity index (χ2n) is 4.80. The number of para-hydroxylation sites is 1. The van der Waals surface area contributed by atoms with E-state index in [-0.39, 0.29) is 21.4 Å². The Morgan fingerprint density at radius 3 is 2.52 bits per heavy atom. The Kier molecular flexibility index (Phi) is 5.86. The van der Waals surface area contributed by atoms with Gasteiger partial charge in [-0.2, -0.15) is 13.2 Å². The van der Waals surface area contributed by atoms with E-state index in [0.29, 0.717) is 5.75 Å². The van der Waals surface area contributed by atoms with Gasteiger partial charge in [0.2, 0.25) is 0 Å². The third-order valence-electron chi connectivity index (χ3n) is 3.12. The highest BCUT2D eigenvalue weighted by atomic mass is 35.5. The highest BCUT2D eigenvalue weighted by Gasteiger charge is 2.31. The lowest BCUT2D eigenvalue weighted by atomic mass is 10.2. The van der Waals surface area contributed by atoms with Crippen molar-refractivity contribution < 1.29 is 22.7 Å². The Morgan fingerprint density at radius 2 is 1.88 bits per heavy atom. The Morgan fingerprint density at radius 1 is 1.20 bits per heavy atom. The van der Waals surface area contributed by atoms with E-state index < -0.39 is 17.6 Å². The predicted octanol–water partition coefficient (Wildman–Crippen LogP) is 4.49. The molecule has 132 valence electrons. The maximum atomic E-state index is 12.8. The Balaban J connectivity index is 2.14. The molecule has 1 amide bonds. The predicted molar refractivity (Wildman–Crippen MR) is 93.1 cm³/mol. The summed E-state index contributed by atoms with van der Waals surface area (Å²) in [6, 6.07) is 9.19. The average Bonchev–Trinajstić information content (AvgIpc) is 2.55. The molecule has 2 aromatic carbocycles. The van der Waals surface area contributed by atoms with Gasteiger partial charge in [-0.15, -0.1) is 0 Å². The number of alkyl halides is 3. The van der Waals surface area contributed by atoms with Crippen molar-refractivity contribution in [1.29, 1.82) is 0 Å². The maximum absolute atomic E-state index is 12.8. The van der Waals surface area contributed by atoms with Gasteiger partial charge in [-0.3, -0.25) is 10.1 Å². The van der Waals surface area contributed by atoms with Crippen LogP contribution in [0.2, 0.25) is 5.02 Å². The summed E-state index contributed by atoms with van der Waals surface area (Å²) < 4.78 is 43.4. The molecule has 0 radical (unpaired) electrons. The molecule has 0 bridgehead atoms. The number of nitrogens with one attached hydrogen (secondary N) is 2. The molecule has 0 aliphatic heterocycles. The number of methoxy groups -OCH3 is 1. The summed E-state index contributed by atoms with van der Waals surface area (Å²) in [5, 5.41) is 4.69. The van der Waals surface area contributed by atoms with Crippen LogP contribution in [-0.2, 0) is 6.18 Å². The first-order chi connectivity index (χ1) is 11.7. The van der Waals surface area contributed by atoms with Crippen molar-refractivity contribution in [1.82, 2.24) is 5.32 Å². The van der Waals surface area contributed by atoms with Crippen LogP contribution in [0.4, 0.5) is 18.9 Å². The normalized spacial score (nSPS) is 10.9. The van der Waals surface area contributed by atoms with E-state index in [4.69, 9.17) is 28.6 Å². The third kappa shape index (κ3) is 4.83. The topological polar surface area (TPSA) is 50.4 Å². The summed E-state index contributed by atoms with van der Waals surface area (Å²) >= 11 is 10.8. The Labute approximate surface area is 151 Å². The van der Waals surface area contributed by atoms with Crippen molar-refractivity contribution in [2.75, 3.05) is 12.4 Å². The van der Waals surface area contributed by atoms with E-state index in [1.54, 1.807) is 18.2 Å². The van der Waals surface area contributed by atoms with Crippen LogP contribution in [0.3, 0.4) is 0 Å². The smallest absolute Gasteiger partial charge is 0.416 e. The van der Waals surface area contributed by atoms with Crippen LogP contribution in [0.5, 0.6) is 5.75 Å². The SMILES string of the molecule is COc1ccccc1C(=O)NC(=S)Nc1cc(C(F)(F)F)ccc1Cl. The van der Waals surface area contributed by atoms with Crippen LogP contribution in [-0.4, -0.2) is 18.1 Å². The summed E-state index contributed by atoms with van der Waals surface area (Å²) in [5.41, 5.74) is -0.732. The van der Waals surface area contributed by atoms with Crippen molar-refractivity contribution in [2.24, 2.45) is 0 Å². The summed E-state index contributed by atoms with van der Waals surface area (Å²) in [4.78, 5) is 12.2. The number of carbonyl (C=O) groups excluding carboxylic acids is 1. The molecule has 25 heavy (non-hydrogen) atoms. The van der Waals surface area contributed by atoms with E-state index in [0.717, 1.165) is 18.2 Å². The van der Waals surface area contributed by atoms with Gasteiger partial charge >= 0.3 is 6.18 Å². The van der Waals surface area contributed by atoms with E-state index in [9.17, 15) is 18.0 Å².